The van der Waals surface area contributed by atoms with Crippen molar-refractivity contribution >= 4 is 5.78 Å². The molecule has 0 radical (unpaired) electrons. The second-order valence-electron chi connectivity index (χ2n) is 3.07. The van der Waals surface area contributed by atoms with Gasteiger partial charge < -0.3 is 4.74 Å². The summed E-state index contributed by atoms with van der Waals surface area (Å²) in [6, 6.07) is 5.24. The first-order chi connectivity index (χ1) is 6.87. The van der Waals surface area contributed by atoms with E-state index in [1.54, 1.807) is 0 Å². The fourth-order valence-electron chi connectivity index (χ4n) is 1.10. The standard InChI is InChI=1S/C10H9F3O2/c1-7(14)6-8-2-4-9(5-3-8)15-10(11,12)13/h2-5H,6H2,1H3. The van der Waals surface area contributed by atoms with Crippen molar-refractivity contribution in [2.45, 2.75) is 19.7 Å². The lowest BCUT2D eigenvalue weighted by atomic mass is 10.1. The summed E-state index contributed by atoms with van der Waals surface area (Å²) in [5.74, 6) is -0.325. The number of ketones is 1. The summed E-state index contributed by atoms with van der Waals surface area (Å²) < 4.78 is 39.0. The average Bonchev–Trinajstić information content (AvgIpc) is 2.05. The number of carbonyl (C=O) groups is 1. The van der Waals surface area contributed by atoms with Crippen LogP contribution in [0.1, 0.15) is 12.5 Å². The van der Waals surface area contributed by atoms with Crippen LogP contribution in [0.4, 0.5) is 13.2 Å². The van der Waals surface area contributed by atoms with Crippen LogP contribution in [0.5, 0.6) is 5.75 Å². The maximum atomic E-state index is 11.8. The molecule has 0 saturated heterocycles. The third-order valence-corrected chi connectivity index (χ3v) is 1.61. The summed E-state index contributed by atoms with van der Waals surface area (Å²) in [4.78, 5) is 10.7. The fourth-order valence-corrected chi connectivity index (χ4v) is 1.10. The second-order valence-corrected chi connectivity index (χ2v) is 3.07. The van der Waals surface area contributed by atoms with Gasteiger partial charge in [-0.25, -0.2) is 0 Å². The van der Waals surface area contributed by atoms with Gasteiger partial charge in [-0.15, -0.1) is 13.2 Å². The van der Waals surface area contributed by atoms with Crippen LogP contribution in [0, 0.1) is 0 Å². The molecule has 0 fully saturated rings. The lowest BCUT2D eigenvalue weighted by Gasteiger charge is -2.08. The maximum Gasteiger partial charge on any atom is 0.573 e. The molecule has 5 heteroatoms. The van der Waals surface area contributed by atoms with Crippen LogP contribution < -0.4 is 4.74 Å². The van der Waals surface area contributed by atoms with Crippen LogP contribution in [-0.2, 0) is 11.2 Å². The van der Waals surface area contributed by atoms with Crippen molar-refractivity contribution in [3.63, 3.8) is 0 Å². The number of rotatable bonds is 3. The Morgan fingerprint density at radius 1 is 1.27 bits per heavy atom. The van der Waals surface area contributed by atoms with Gasteiger partial charge in [-0.3, -0.25) is 4.79 Å². The highest BCUT2D eigenvalue weighted by Crippen LogP contribution is 2.22. The van der Waals surface area contributed by atoms with Gasteiger partial charge in [0.15, 0.2) is 0 Å². The van der Waals surface area contributed by atoms with Crippen LogP contribution in [0.2, 0.25) is 0 Å². The predicted octanol–water partition coefficient (Wildman–Crippen LogP) is 2.72. The van der Waals surface area contributed by atoms with Crippen LogP contribution in [0.25, 0.3) is 0 Å². The molecule has 0 aromatic heterocycles. The molecule has 15 heavy (non-hydrogen) atoms. The van der Waals surface area contributed by atoms with Gasteiger partial charge in [-0.2, -0.15) is 0 Å². The van der Waals surface area contributed by atoms with Crippen molar-refractivity contribution in [3.05, 3.63) is 29.8 Å². The lowest BCUT2D eigenvalue weighted by Crippen LogP contribution is -2.17. The van der Waals surface area contributed by atoms with Crippen molar-refractivity contribution in [1.82, 2.24) is 0 Å². The van der Waals surface area contributed by atoms with Gasteiger partial charge >= 0.3 is 6.36 Å². The van der Waals surface area contributed by atoms with Crippen molar-refractivity contribution < 1.29 is 22.7 Å². The van der Waals surface area contributed by atoms with E-state index in [1.807, 2.05) is 0 Å². The molecule has 0 unspecified atom stereocenters. The Morgan fingerprint density at radius 2 is 1.80 bits per heavy atom. The van der Waals surface area contributed by atoms with Crippen molar-refractivity contribution in [3.8, 4) is 5.75 Å². The van der Waals surface area contributed by atoms with Gasteiger partial charge in [-0.05, 0) is 24.6 Å². The largest absolute Gasteiger partial charge is 0.573 e. The number of halogens is 3. The fraction of sp³-hybridized carbons (Fsp3) is 0.300. The molecule has 0 atom stereocenters. The number of benzene rings is 1. The summed E-state index contributed by atoms with van der Waals surface area (Å²) in [6.07, 6.45) is -4.46. The first kappa shape index (κ1) is 11.6. The molecular formula is C10H9F3O2. The Labute approximate surface area is 84.7 Å². The molecule has 0 amide bonds. The summed E-state index contributed by atoms with van der Waals surface area (Å²) >= 11 is 0. The highest BCUT2D eigenvalue weighted by Gasteiger charge is 2.30. The van der Waals surface area contributed by atoms with E-state index in [0.29, 0.717) is 5.56 Å². The van der Waals surface area contributed by atoms with Gasteiger partial charge in [0.2, 0.25) is 0 Å². The third-order valence-electron chi connectivity index (χ3n) is 1.61. The number of hydrogen-bond acceptors (Lipinski definition) is 2. The molecule has 0 N–H and O–H groups in total. The molecule has 82 valence electrons. The number of alkyl halides is 3. The first-order valence-corrected chi connectivity index (χ1v) is 4.21. The quantitative estimate of drug-likeness (QED) is 0.779. The number of Topliss-reactive ketones (excluding diaryl/α,β-unsaturated/α-hetero) is 1. The molecular weight excluding hydrogens is 209 g/mol. The Balaban J connectivity index is 2.68. The molecule has 1 aromatic carbocycles. The monoisotopic (exact) mass is 218 g/mol. The molecule has 1 aromatic rings. The predicted molar refractivity (Wildman–Crippen MR) is 47.5 cm³/mol. The Hall–Kier alpha value is -1.52. The van der Waals surface area contributed by atoms with Crippen LogP contribution in [0.15, 0.2) is 24.3 Å². The van der Waals surface area contributed by atoms with Crippen LogP contribution >= 0.6 is 0 Å². The SMILES string of the molecule is CC(=O)Cc1ccc(OC(F)(F)F)cc1. The van der Waals surface area contributed by atoms with E-state index >= 15 is 0 Å². The molecule has 0 heterocycles. The van der Waals surface area contributed by atoms with E-state index in [0.717, 1.165) is 0 Å². The third kappa shape index (κ3) is 4.49. The summed E-state index contributed by atoms with van der Waals surface area (Å²) in [7, 11) is 0. The molecule has 0 aliphatic heterocycles. The zero-order chi connectivity index (χ0) is 11.5. The van der Waals surface area contributed by atoms with Crippen LogP contribution in [-0.4, -0.2) is 12.1 Å². The minimum Gasteiger partial charge on any atom is -0.406 e. The minimum atomic E-state index is -4.68. The van der Waals surface area contributed by atoms with Gasteiger partial charge in [0.25, 0.3) is 0 Å². The molecule has 2 nitrogen and oxygen atoms in total. The normalized spacial score (nSPS) is 11.2. The van der Waals surface area contributed by atoms with Gasteiger partial charge in [0, 0.05) is 6.42 Å². The smallest absolute Gasteiger partial charge is 0.406 e. The molecule has 0 bridgehead atoms. The topological polar surface area (TPSA) is 26.3 Å². The Morgan fingerprint density at radius 3 is 2.20 bits per heavy atom. The number of hydrogen-bond donors (Lipinski definition) is 0. The van der Waals surface area contributed by atoms with Gasteiger partial charge in [0.1, 0.15) is 11.5 Å². The van der Waals surface area contributed by atoms with E-state index in [4.69, 9.17) is 0 Å². The lowest BCUT2D eigenvalue weighted by molar-refractivity contribution is -0.274. The molecule has 0 aliphatic rings. The van der Waals surface area contributed by atoms with E-state index in [-0.39, 0.29) is 18.0 Å². The molecule has 0 aliphatic carbocycles. The zero-order valence-corrected chi connectivity index (χ0v) is 7.97. The van der Waals surface area contributed by atoms with E-state index in [2.05, 4.69) is 4.74 Å². The number of ether oxygens (including phenoxy) is 1. The van der Waals surface area contributed by atoms with Crippen molar-refractivity contribution in [2.24, 2.45) is 0 Å². The summed E-state index contributed by atoms with van der Waals surface area (Å²) in [5.41, 5.74) is 0.664. The van der Waals surface area contributed by atoms with Gasteiger partial charge in [0.05, 0.1) is 0 Å². The van der Waals surface area contributed by atoms with Crippen molar-refractivity contribution in [2.75, 3.05) is 0 Å². The maximum absolute atomic E-state index is 11.8. The summed E-state index contributed by atoms with van der Waals surface area (Å²) in [5, 5.41) is 0. The highest BCUT2D eigenvalue weighted by atomic mass is 19.4. The zero-order valence-electron chi connectivity index (χ0n) is 7.97. The number of carbonyl (C=O) groups excluding carboxylic acids is 1. The highest BCUT2D eigenvalue weighted by molar-refractivity contribution is 5.78. The van der Waals surface area contributed by atoms with E-state index in [9.17, 15) is 18.0 Å². The molecule has 0 saturated carbocycles. The van der Waals surface area contributed by atoms with Crippen molar-refractivity contribution in [1.29, 1.82) is 0 Å². The first-order valence-electron chi connectivity index (χ1n) is 4.21. The summed E-state index contributed by atoms with van der Waals surface area (Å²) in [6.45, 7) is 1.42. The van der Waals surface area contributed by atoms with Crippen LogP contribution in [0.3, 0.4) is 0 Å². The Kier molecular flexibility index (Phi) is 3.34. The van der Waals surface area contributed by atoms with E-state index < -0.39 is 6.36 Å². The molecule has 0 spiro atoms. The molecule has 1 rings (SSSR count). The second kappa shape index (κ2) is 4.33. The minimum absolute atomic E-state index is 0.0421. The van der Waals surface area contributed by atoms with E-state index in [1.165, 1.54) is 31.2 Å². The average molecular weight is 218 g/mol. The Bertz CT molecular complexity index is 341. The van der Waals surface area contributed by atoms with Gasteiger partial charge in [-0.1, -0.05) is 12.1 Å².